The molecule has 0 aliphatic rings. The van der Waals surface area contributed by atoms with E-state index in [0.29, 0.717) is 11.9 Å². The Morgan fingerprint density at radius 1 is 1.38 bits per heavy atom. The molecule has 2 aromatic rings. The number of thiazole rings is 1. The summed E-state index contributed by atoms with van der Waals surface area (Å²) >= 11 is 1.68. The fraction of sp³-hybridized carbons (Fsp3) is 0.533. The average molecular weight is 306 g/mol. The van der Waals surface area contributed by atoms with E-state index in [1.807, 2.05) is 25.4 Å². The highest BCUT2D eigenvalue weighted by Crippen LogP contribution is 2.27. The number of nitrogens with one attached hydrogen (secondary N) is 1. The lowest BCUT2D eigenvalue weighted by atomic mass is 9.98. The Labute approximate surface area is 129 Å². The van der Waals surface area contributed by atoms with Crippen molar-refractivity contribution in [3.05, 3.63) is 27.8 Å². The van der Waals surface area contributed by atoms with Crippen molar-refractivity contribution in [1.29, 1.82) is 0 Å². The minimum absolute atomic E-state index is 0.0811. The molecule has 0 spiro atoms. The largest absolute Gasteiger partial charge is 0.335 e. The van der Waals surface area contributed by atoms with Crippen LogP contribution in [-0.2, 0) is 11.8 Å². The molecular weight excluding hydrogens is 284 g/mol. The third-order valence-corrected chi connectivity index (χ3v) is 4.41. The van der Waals surface area contributed by atoms with Crippen LogP contribution in [0.5, 0.6) is 0 Å². The van der Waals surface area contributed by atoms with Crippen LogP contribution in [-0.4, -0.2) is 28.2 Å². The summed E-state index contributed by atoms with van der Waals surface area (Å²) in [7, 11) is 1.92. The van der Waals surface area contributed by atoms with Gasteiger partial charge in [0.25, 0.3) is 5.89 Å². The molecule has 0 aliphatic heterocycles. The second-order valence-corrected chi connectivity index (χ2v) is 7.16. The predicted molar refractivity (Wildman–Crippen MR) is 86.3 cm³/mol. The molecule has 5 nitrogen and oxygen atoms in total. The fourth-order valence-corrected chi connectivity index (χ4v) is 2.53. The lowest BCUT2D eigenvalue weighted by Crippen LogP contribution is -2.24. The van der Waals surface area contributed by atoms with Crippen LogP contribution >= 0.6 is 11.3 Å². The van der Waals surface area contributed by atoms with Gasteiger partial charge in [0.2, 0.25) is 0 Å². The summed E-state index contributed by atoms with van der Waals surface area (Å²) in [4.78, 5) is 9.88. The smallest absolute Gasteiger partial charge is 0.250 e. The third-order valence-electron chi connectivity index (χ3n) is 3.02. The van der Waals surface area contributed by atoms with Crippen molar-refractivity contribution in [1.82, 2.24) is 20.4 Å². The van der Waals surface area contributed by atoms with Gasteiger partial charge in [-0.15, -0.1) is 11.3 Å². The zero-order valence-electron chi connectivity index (χ0n) is 13.2. The first-order valence-corrected chi connectivity index (χ1v) is 7.84. The van der Waals surface area contributed by atoms with Crippen LogP contribution in [0.15, 0.2) is 10.7 Å². The van der Waals surface area contributed by atoms with E-state index in [2.05, 4.69) is 48.1 Å². The number of hydrogen-bond donors (Lipinski definition) is 1. The first-order chi connectivity index (χ1) is 9.88. The predicted octanol–water partition coefficient (Wildman–Crippen LogP) is 3.14. The summed E-state index contributed by atoms with van der Waals surface area (Å²) in [5.41, 5.74) is 0.0811. The quantitative estimate of drug-likeness (QED) is 0.919. The molecule has 2 rings (SSSR count). The van der Waals surface area contributed by atoms with E-state index in [1.54, 1.807) is 11.3 Å². The highest BCUT2D eigenvalue weighted by Gasteiger charge is 2.17. The highest BCUT2D eigenvalue weighted by molar-refractivity contribution is 7.12. The molecule has 0 radical (unpaired) electrons. The van der Waals surface area contributed by atoms with Crippen LogP contribution in [0, 0.1) is 0 Å². The Hall–Kier alpha value is -1.53. The zero-order chi connectivity index (χ0) is 15.5. The van der Waals surface area contributed by atoms with Crippen LogP contribution in [0.25, 0.3) is 12.2 Å². The Balaban J connectivity index is 2.03. The van der Waals surface area contributed by atoms with Gasteiger partial charge in [0, 0.05) is 35.0 Å². The molecule has 0 aromatic carbocycles. The highest BCUT2D eigenvalue weighted by atomic mass is 32.1. The summed E-state index contributed by atoms with van der Waals surface area (Å²) in [5, 5.41) is 8.24. The van der Waals surface area contributed by atoms with Crippen molar-refractivity contribution in [2.24, 2.45) is 0 Å². The van der Waals surface area contributed by atoms with Gasteiger partial charge in [-0.3, -0.25) is 0 Å². The molecule has 1 N–H and O–H groups in total. The van der Waals surface area contributed by atoms with E-state index in [9.17, 15) is 0 Å². The first kappa shape index (κ1) is 15.9. The number of nitrogens with zero attached hydrogens (tertiary/aromatic N) is 3. The van der Waals surface area contributed by atoms with E-state index in [-0.39, 0.29) is 5.41 Å². The minimum atomic E-state index is 0.0811. The van der Waals surface area contributed by atoms with E-state index < -0.39 is 0 Å². The Morgan fingerprint density at radius 2 is 2.14 bits per heavy atom. The van der Waals surface area contributed by atoms with Crippen LogP contribution in [0.3, 0.4) is 0 Å². The van der Waals surface area contributed by atoms with E-state index in [1.165, 1.54) is 0 Å². The Kier molecular flexibility index (Phi) is 4.90. The standard InChI is InChI=1S/C15H22N4OS/c1-10(16-5)8-12-18-13(20-19-12)7-6-11-9-17-14(21-11)15(2,3)4/h6-7,9-10,16H,8H2,1-5H3/b7-6+. The number of likely N-dealkylation sites (N-methyl/N-ethyl adjacent to an activating group) is 1. The van der Waals surface area contributed by atoms with Crippen LogP contribution < -0.4 is 5.32 Å². The molecule has 0 bridgehead atoms. The van der Waals surface area contributed by atoms with Crippen molar-refractivity contribution < 1.29 is 4.52 Å². The molecule has 6 heteroatoms. The first-order valence-electron chi connectivity index (χ1n) is 7.02. The molecular formula is C15H22N4OS. The number of hydrogen-bond acceptors (Lipinski definition) is 6. The molecule has 1 unspecified atom stereocenters. The summed E-state index contributed by atoms with van der Waals surface area (Å²) in [6.07, 6.45) is 6.43. The zero-order valence-corrected chi connectivity index (χ0v) is 14.0. The van der Waals surface area contributed by atoms with Crippen molar-refractivity contribution >= 4 is 23.5 Å². The van der Waals surface area contributed by atoms with Gasteiger partial charge in [0.15, 0.2) is 5.82 Å². The van der Waals surface area contributed by atoms with Gasteiger partial charge in [-0.25, -0.2) is 4.98 Å². The molecule has 1 atom stereocenters. The molecule has 2 aromatic heterocycles. The molecule has 0 saturated carbocycles. The van der Waals surface area contributed by atoms with Gasteiger partial charge < -0.3 is 9.84 Å². The maximum Gasteiger partial charge on any atom is 0.250 e. The van der Waals surface area contributed by atoms with E-state index in [4.69, 9.17) is 4.52 Å². The Morgan fingerprint density at radius 3 is 2.76 bits per heavy atom. The van der Waals surface area contributed by atoms with Gasteiger partial charge >= 0.3 is 0 Å². The van der Waals surface area contributed by atoms with Crippen molar-refractivity contribution in [3.63, 3.8) is 0 Å². The molecule has 0 fully saturated rings. The third kappa shape index (κ3) is 4.47. The SMILES string of the molecule is CNC(C)Cc1noc(/C=C/c2cnc(C(C)(C)C)s2)n1. The minimum Gasteiger partial charge on any atom is -0.335 e. The van der Waals surface area contributed by atoms with Crippen molar-refractivity contribution in [2.75, 3.05) is 7.05 Å². The maximum absolute atomic E-state index is 5.21. The van der Waals surface area contributed by atoms with Gasteiger partial charge in [0.05, 0.1) is 5.01 Å². The average Bonchev–Trinajstić information content (AvgIpc) is 3.04. The van der Waals surface area contributed by atoms with Crippen molar-refractivity contribution in [3.8, 4) is 0 Å². The lowest BCUT2D eigenvalue weighted by Gasteiger charge is -2.13. The normalized spacial score (nSPS) is 14.0. The molecule has 0 aliphatic carbocycles. The van der Waals surface area contributed by atoms with Gasteiger partial charge in [-0.05, 0) is 20.0 Å². The molecule has 21 heavy (non-hydrogen) atoms. The number of aromatic nitrogens is 3. The maximum atomic E-state index is 5.21. The van der Waals surface area contributed by atoms with E-state index >= 15 is 0 Å². The lowest BCUT2D eigenvalue weighted by molar-refractivity contribution is 0.400. The second kappa shape index (κ2) is 6.49. The van der Waals surface area contributed by atoms with Gasteiger partial charge in [-0.1, -0.05) is 25.9 Å². The molecule has 2 heterocycles. The summed E-state index contributed by atoms with van der Waals surface area (Å²) < 4.78 is 5.21. The molecule has 0 saturated heterocycles. The van der Waals surface area contributed by atoms with Crippen LogP contribution in [0.2, 0.25) is 0 Å². The van der Waals surface area contributed by atoms with Gasteiger partial charge in [-0.2, -0.15) is 4.98 Å². The topological polar surface area (TPSA) is 63.8 Å². The number of rotatable bonds is 5. The van der Waals surface area contributed by atoms with Crippen LogP contribution in [0.1, 0.15) is 49.3 Å². The summed E-state index contributed by atoms with van der Waals surface area (Å²) in [6.45, 7) is 8.56. The Bertz CT molecular complexity index is 609. The monoisotopic (exact) mass is 306 g/mol. The van der Waals surface area contributed by atoms with Gasteiger partial charge in [0.1, 0.15) is 0 Å². The summed E-state index contributed by atoms with van der Waals surface area (Å²) in [6, 6.07) is 0.329. The van der Waals surface area contributed by atoms with Crippen LogP contribution in [0.4, 0.5) is 0 Å². The molecule has 0 amide bonds. The molecule has 114 valence electrons. The van der Waals surface area contributed by atoms with Crippen molar-refractivity contribution in [2.45, 2.75) is 45.6 Å². The second-order valence-electron chi connectivity index (χ2n) is 6.09. The summed E-state index contributed by atoms with van der Waals surface area (Å²) in [5.74, 6) is 1.25. The van der Waals surface area contributed by atoms with E-state index in [0.717, 1.165) is 22.1 Å². The fourth-order valence-electron chi connectivity index (χ4n) is 1.66.